The maximum atomic E-state index is 13.6. The van der Waals surface area contributed by atoms with Gasteiger partial charge in [-0.05, 0) is 51.8 Å². The fourth-order valence-electron chi connectivity index (χ4n) is 4.46. The molecule has 1 heterocycles. The smallest absolute Gasteiger partial charge is 0.408 e. The predicted octanol–water partition coefficient (Wildman–Crippen LogP) is 3.87. The van der Waals surface area contributed by atoms with E-state index in [-0.39, 0.29) is 5.76 Å². The lowest BCUT2D eigenvalue weighted by Crippen LogP contribution is -2.63. The van der Waals surface area contributed by atoms with Gasteiger partial charge in [0.25, 0.3) is 5.91 Å². The van der Waals surface area contributed by atoms with Crippen LogP contribution in [0.25, 0.3) is 0 Å². The average molecular weight is 566 g/mol. The third kappa shape index (κ3) is 8.57. The number of carbonyl (C=O) groups excluding carboxylic acids is 4. The number of amides is 3. The predicted molar refractivity (Wildman–Crippen MR) is 152 cm³/mol. The Kier molecular flexibility index (Phi) is 10.5. The summed E-state index contributed by atoms with van der Waals surface area (Å²) in [5.74, 6) is -2.00. The maximum absolute atomic E-state index is 13.6. The quantitative estimate of drug-likeness (QED) is 0.443. The number of esters is 1. The van der Waals surface area contributed by atoms with Crippen molar-refractivity contribution in [3.05, 3.63) is 83.6 Å². The van der Waals surface area contributed by atoms with Crippen molar-refractivity contribution < 1.29 is 33.4 Å². The third-order valence-corrected chi connectivity index (χ3v) is 6.30. The Morgan fingerprint density at radius 3 is 1.90 bits per heavy atom. The van der Waals surface area contributed by atoms with Crippen molar-refractivity contribution in [1.82, 2.24) is 15.5 Å². The van der Waals surface area contributed by atoms with Crippen LogP contribution in [0.15, 0.2) is 72.5 Å². The van der Waals surface area contributed by atoms with Crippen LogP contribution in [0.2, 0.25) is 0 Å². The molecule has 2 N–H and O–H groups in total. The summed E-state index contributed by atoms with van der Waals surface area (Å²) in [5, 5.41) is 5.39. The van der Waals surface area contributed by atoms with Crippen molar-refractivity contribution in [1.29, 1.82) is 0 Å². The molecule has 1 aliphatic heterocycles. The van der Waals surface area contributed by atoms with E-state index < -0.39 is 53.8 Å². The second kappa shape index (κ2) is 13.8. The van der Waals surface area contributed by atoms with Crippen LogP contribution in [0.3, 0.4) is 0 Å². The first-order valence-corrected chi connectivity index (χ1v) is 13.7. The molecule has 10 nitrogen and oxygen atoms in total. The van der Waals surface area contributed by atoms with E-state index in [0.717, 1.165) is 11.1 Å². The minimum Gasteiger partial charge on any atom is -0.471 e. The molecule has 0 saturated carbocycles. The molecule has 0 saturated heterocycles. The summed E-state index contributed by atoms with van der Waals surface area (Å²) in [6.07, 6.45) is -1.54. The molecule has 0 aliphatic carbocycles. The highest BCUT2D eigenvalue weighted by atomic mass is 16.6. The summed E-state index contributed by atoms with van der Waals surface area (Å²) in [6, 6.07) is 16.4. The SMILES string of the molecule is CCN(CC)C(=O)[C@@H]1OC(C(=O)OC(c2ccccc2)c2ccccc2)=C[C@H](NC(=O)OC(C)(C)C)[C@H]1NC(C)=O. The number of likely N-dealkylation sites (N-methyl/N-ethyl adjacent to an activating group) is 1. The highest BCUT2D eigenvalue weighted by Gasteiger charge is 2.44. The highest BCUT2D eigenvalue weighted by Crippen LogP contribution is 2.29. The molecular weight excluding hydrogens is 526 g/mol. The van der Waals surface area contributed by atoms with Gasteiger partial charge in [0.2, 0.25) is 11.7 Å². The first-order valence-electron chi connectivity index (χ1n) is 13.7. The summed E-state index contributed by atoms with van der Waals surface area (Å²) >= 11 is 0. The van der Waals surface area contributed by atoms with Gasteiger partial charge in [-0.15, -0.1) is 0 Å². The molecule has 2 aromatic rings. The summed E-state index contributed by atoms with van der Waals surface area (Å²) in [6.45, 7) is 10.8. The number of hydrogen-bond donors (Lipinski definition) is 2. The highest BCUT2D eigenvalue weighted by molar-refractivity contribution is 5.90. The number of nitrogens with one attached hydrogen (secondary N) is 2. The molecule has 0 unspecified atom stereocenters. The van der Waals surface area contributed by atoms with Gasteiger partial charge in [0.15, 0.2) is 12.2 Å². The molecule has 0 fully saturated rings. The van der Waals surface area contributed by atoms with E-state index in [1.165, 1.54) is 17.9 Å². The monoisotopic (exact) mass is 565 g/mol. The zero-order valence-electron chi connectivity index (χ0n) is 24.4. The zero-order valence-corrected chi connectivity index (χ0v) is 24.4. The lowest BCUT2D eigenvalue weighted by molar-refractivity contribution is -0.154. The van der Waals surface area contributed by atoms with Crippen molar-refractivity contribution in [2.24, 2.45) is 0 Å². The van der Waals surface area contributed by atoms with Gasteiger partial charge < -0.3 is 29.7 Å². The molecule has 3 rings (SSSR count). The van der Waals surface area contributed by atoms with E-state index >= 15 is 0 Å². The third-order valence-electron chi connectivity index (χ3n) is 6.30. The van der Waals surface area contributed by atoms with E-state index in [9.17, 15) is 19.2 Å². The van der Waals surface area contributed by atoms with Crippen LogP contribution in [0.4, 0.5) is 4.79 Å². The van der Waals surface area contributed by atoms with Gasteiger partial charge >= 0.3 is 12.1 Å². The Hall–Kier alpha value is -4.34. The van der Waals surface area contributed by atoms with Crippen molar-refractivity contribution in [2.45, 2.75) is 71.4 Å². The molecule has 41 heavy (non-hydrogen) atoms. The van der Waals surface area contributed by atoms with E-state index in [0.29, 0.717) is 13.1 Å². The first-order chi connectivity index (χ1) is 19.4. The van der Waals surface area contributed by atoms with Crippen molar-refractivity contribution in [3.63, 3.8) is 0 Å². The lowest BCUT2D eigenvalue weighted by atomic mass is 9.96. The van der Waals surface area contributed by atoms with Gasteiger partial charge in [-0.3, -0.25) is 9.59 Å². The normalized spacial score (nSPS) is 18.4. The summed E-state index contributed by atoms with van der Waals surface area (Å²) in [7, 11) is 0. The largest absolute Gasteiger partial charge is 0.471 e. The number of nitrogens with zero attached hydrogens (tertiary/aromatic N) is 1. The van der Waals surface area contributed by atoms with Crippen molar-refractivity contribution in [2.75, 3.05) is 13.1 Å². The van der Waals surface area contributed by atoms with E-state index in [1.807, 2.05) is 74.5 Å². The molecule has 0 aromatic heterocycles. The molecule has 0 radical (unpaired) electrons. The molecule has 1 aliphatic rings. The number of ether oxygens (including phenoxy) is 3. The van der Waals surface area contributed by atoms with Gasteiger partial charge in [0, 0.05) is 20.0 Å². The second-order valence-electron chi connectivity index (χ2n) is 10.6. The van der Waals surface area contributed by atoms with Gasteiger partial charge in [-0.25, -0.2) is 9.59 Å². The standard InChI is InChI=1S/C31H39N3O7/c1-7-34(8-2)28(36)27-25(32-20(3)35)23(33-30(38)41-31(4,5)6)19-24(39-27)29(37)40-26(21-15-11-9-12-16-21)22-17-13-10-14-18-22/h9-19,23,25-27H,7-8H2,1-6H3,(H,32,35)(H,33,38)/t23-,25+,27+/m0/s1. The first kappa shape index (κ1) is 31.2. The van der Waals surface area contributed by atoms with E-state index in [2.05, 4.69) is 10.6 Å². The number of carbonyl (C=O) groups is 4. The Morgan fingerprint density at radius 2 is 1.44 bits per heavy atom. The molecule has 2 aromatic carbocycles. The van der Waals surface area contributed by atoms with Gasteiger partial charge in [-0.1, -0.05) is 60.7 Å². The topological polar surface area (TPSA) is 123 Å². The number of benzene rings is 2. The zero-order chi connectivity index (χ0) is 30.2. The van der Waals surface area contributed by atoms with Crippen molar-refractivity contribution in [3.8, 4) is 0 Å². The van der Waals surface area contributed by atoms with Crippen LogP contribution in [0.1, 0.15) is 58.8 Å². The Morgan fingerprint density at radius 1 is 0.902 bits per heavy atom. The van der Waals surface area contributed by atoms with Crippen molar-refractivity contribution >= 4 is 23.9 Å². The molecular formula is C31H39N3O7. The minimum absolute atomic E-state index is 0.268. The Bertz CT molecular complexity index is 1200. The number of hydrogen-bond acceptors (Lipinski definition) is 7. The Labute approximate surface area is 241 Å². The van der Waals surface area contributed by atoms with Crippen LogP contribution in [-0.4, -0.2) is 65.7 Å². The van der Waals surface area contributed by atoms with Crippen LogP contribution in [-0.2, 0) is 28.6 Å². The van der Waals surface area contributed by atoms with Gasteiger partial charge in [0.05, 0.1) is 12.1 Å². The van der Waals surface area contributed by atoms with E-state index in [4.69, 9.17) is 14.2 Å². The molecule has 3 atom stereocenters. The van der Waals surface area contributed by atoms with Crippen LogP contribution >= 0.6 is 0 Å². The Balaban J connectivity index is 2.02. The van der Waals surface area contributed by atoms with Crippen LogP contribution < -0.4 is 10.6 Å². The lowest BCUT2D eigenvalue weighted by Gasteiger charge is -2.38. The maximum Gasteiger partial charge on any atom is 0.408 e. The molecule has 220 valence electrons. The molecule has 10 heteroatoms. The second-order valence-corrected chi connectivity index (χ2v) is 10.6. The average Bonchev–Trinajstić information content (AvgIpc) is 2.92. The van der Waals surface area contributed by atoms with Gasteiger partial charge in [0.1, 0.15) is 5.60 Å². The molecule has 3 amide bonds. The number of alkyl carbamates (subject to hydrolysis) is 1. The van der Waals surface area contributed by atoms with Gasteiger partial charge in [-0.2, -0.15) is 0 Å². The number of rotatable bonds is 9. The fourth-order valence-corrected chi connectivity index (χ4v) is 4.46. The van der Waals surface area contributed by atoms with Crippen LogP contribution in [0.5, 0.6) is 0 Å². The van der Waals surface area contributed by atoms with Crippen LogP contribution in [0, 0.1) is 0 Å². The summed E-state index contributed by atoms with van der Waals surface area (Å²) < 4.78 is 17.4. The molecule has 0 bridgehead atoms. The minimum atomic E-state index is -1.32. The molecule has 0 spiro atoms. The summed E-state index contributed by atoms with van der Waals surface area (Å²) in [5.41, 5.74) is 0.664. The van der Waals surface area contributed by atoms with E-state index in [1.54, 1.807) is 20.8 Å². The fraction of sp³-hybridized carbons (Fsp3) is 0.419. The summed E-state index contributed by atoms with van der Waals surface area (Å²) in [4.78, 5) is 53.7.